The van der Waals surface area contributed by atoms with Crippen molar-refractivity contribution in [2.75, 3.05) is 7.11 Å². The van der Waals surface area contributed by atoms with Crippen molar-refractivity contribution in [2.24, 2.45) is 0 Å². The first-order chi connectivity index (χ1) is 14.5. The smallest absolute Gasteiger partial charge is 0.312 e. The van der Waals surface area contributed by atoms with Gasteiger partial charge in [-0.2, -0.15) is 0 Å². The average Bonchev–Trinajstić information content (AvgIpc) is 2.75. The normalized spacial score (nSPS) is 11.7. The Labute approximate surface area is 178 Å². The van der Waals surface area contributed by atoms with Gasteiger partial charge in [0, 0.05) is 12.0 Å². The first-order valence-corrected chi connectivity index (χ1v) is 10.6. The van der Waals surface area contributed by atoms with Gasteiger partial charge in [-0.3, -0.25) is 9.59 Å². The van der Waals surface area contributed by atoms with Crippen molar-refractivity contribution in [1.82, 2.24) is 0 Å². The molecule has 1 atom stereocenters. The minimum Gasteiger partial charge on any atom is -0.469 e. The van der Waals surface area contributed by atoms with Gasteiger partial charge in [-0.15, -0.1) is 0 Å². The van der Waals surface area contributed by atoms with Gasteiger partial charge in [-0.25, -0.2) is 4.39 Å². The molecule has 30 heavy (non-hydrogen) atoms. The molecular formula is C25H31FO4. The maximum atomic E-state index is 14.7. The highest BCUT2D eigenvalue weighted by atomic mass is 19.1. The maximum absolute atomic E-state index is 14.7. The average molecular weight is 415 g/mol. The second kappa shape index (κ2) is 12.1. The molecule has 5 heteroatoms. The molecule has 0 N–H and O–H groups in total. The van der Waals surface area contributed by atoms with Crippen LogP contribution in [-0.4, -0.2) is 19.0 Å². The van der Waals surface area contributed by atoms with Crippen LogP contribution in [0, 0.1) is 5.82 Å². The van der Waals surface area contributed by atoms with Crippen molar-refractivity contribution in [2.45, 2.75) is 64.7 Å². The summed E-state index contributed by atoms with van der Waals surface area (Å²) in [6, 6.07) is 11.5. The van der Waals surface area contributed by atoms with E-state index in [1.54, 1.807) is 43.3 Å². The lowest BCUT2D eigenvalue weighted by Crippen LogP contribution is -2.11. The van der Waals surface area contributed by atoms with Gasteiger partial charge in [0.2, 0.25) is 0 Å². The van der Waals surface area contributed by atoms with Crippen LogP contribution in [0.2, 0.25) is 0 Å². The summed E-state index contributed by atoms with van der Waals surface area (Å²) in [5, 5.41) is 0. The third-order valence-corrected chi connectivity index (χ3v) is 5.16. The number of esters is 2. The molecule has 0 aromatic heterocycles. The number of hydrogen-bond donors (Lipinski definition) is 0. The summed E-state index contributed by atoms with van der Waals surface area (Å²) in [6.45, 7) is 3.85. The molecule has 0 aliphatic carbocycles. The molecule has 0 bridgehead atoms. The zero-order valence-corrected chi connectivity index (χ0v) is 18.1. The molecule has 0 amide bonds. The van der Waals surface area contributed by atoms with E-state index < -0.39 is 17.7 Å². The van der Waals surface area contributed by atoms with Crippen molar-refractivity contribution in [3.8, 4) is 16.9 Å². The summed E-state index contributed by atoms with van der Waals surface area (Å²) >= 11 is 0. The molecule has 2 aromatic rings. The number of methoxy groups -OCH3 is 1. The fourth-order valence-electron chi connectivity index (χ4n) is 3.31. The standard InChI is InChI=1S/C25H31FO4/c1-4-5-6-7-8-9-13-24(27)30-21-12-10-11-20(16-21)22-15-14-19(17-23(22)26)18(2)25(28)29-3/h10-12,14-18H,4-9,13H2,1-3H3. The predicted octanol–water partition coefficient (Wildman–Crippen LogP) is 6.43. The highest BCUT2D eigenvalue weighted by molar-refractivity contribution is 5.78. The van der Waals surface area contributed by atoms with E-state index in [2.05, 4.69) is 6.92 Å². The zero-order valence-electron chi connectivity index (χ0n) is 18.1. The molecule has 0 saturated heterocycles. The van der Waals surface area contributed by atoms with Crippen LogP contribution in [0.5, 0.6) is 5.75 Å². The molecular weight excluding hydrogens is 383 g/mol. The minimum absolute atomic E-state index is 0.273. The molecule has 0 aliphatic rings. The Morgan fingerprint density at radius 2 is 1.73 bits per heavy atom. The summed E-state index contributed by atoms with van der Waals surface area (Å²) in [6.07, 6.45) is 7.00. The first kappa shape index (κ1) is 23.6. The summed E-state index contributed by atoms with van der Waals surface area (Å²) in [5.74, 6) is -1.28. The van der Waals surface area contributed by atoms with E-state index >= 15 is 0 Å². The van der Waals surface area contributed by atoms with Gasteiger partial charge < -0.3 is 9.47 Å². The largest absolute Gasteiger partial charge is 0.469 e. The second-order valence-electron chi connectivity index (χ2n) is 7.50. The fourth-order valence-corrected chi connectivity index (χ4v) is 3.31. The van der Waals surface area contributed by atoms with Crippen molar-refractivity contribution in [3.05, 3.63) is 53.8 Å². The van der Waals surface area contributed by atoms with Crippen LogP contribution in [-0.2, 0) is 14.3 Å². The molecule has 162 valence electrons. The van der Waals surface area contributed by atoms with Crippen molar-refractivity contribution in [3.63, 3.8) is 0 Å². The van der Waals surface area contributed by atoms with Crippen LogP contribution >= 0.6 is 0 Å². The van der Waals surface area contributed by atoms with E-state index in [9.17, 15) is 14.0 Å². The van der Waals surface area contributed by atoms with E-state index in [0.717, 1.165) is 19.3 Å². The zero-order chi connectivity index (χ0) is 21.9. The summed E-state index contributed by atoms with van der Waals surface area (Å²) in [5.41, 5.74) is 1.53. The lowest BCUT2D eigenvalue weighted by Gasteiger charge is -2.12. The number of benzene rings is 2. The molecule has 0 heterocycles. The van der Waals surface area contributed by atoms with E-state index in [1.807, 2.05) is 0 Å². The van der Waals surface area contributed by atoms with Gasteiger partial charge in [-0.05, 0) is 42.7 Å². The summed E-state index contributed by atoms with van der Waals surface area (Å²) in [7, 11) is 1.31. The molecule has 0 spiro atoms. The fraction of sp³-hybridized carbons (Fsp3) is 0.440. The molecule has 2 rings (SSSR count). The summed E-state index contributed by atoms with van der Waals surface area (Å²) < 4.78 is 24.8. The molecule has 1 unspecified atom stereocenters. The Morgan fingerprint density at radius 1 is 1.00 bits per heavy atom. The van der Waals surface area contributed by atoms with Crippen LogP contribution in [0.4, 0.5) is 4.39 Å². The Kier molecular flexibility index (Phi) is 9.52. The molecule has 2 aromatic carbocycles. The van der Waals surface area contributed by atoms with Crippen LogP contribution in [0.25, 0.3) is 11.1 Å². The Hall–Kier alpha value is -2.69. The number of unbranched alkanes of at least 4 members (excludes halogenated alkanes) is 5. The van der Waals surface area contributed by atoms with Crippen molar-refractivity contribution in [1.29, 1.82) is 0 Å². The lowest BCUT2D eigenvalue weighted by atomic mass is 9.97. The number of halogens is 1. The third kappa shape index (κ3) is 6.97. The lowest BCUT2D eigenvalue weighted by molar-refractivity contribution is -0.142. The van der Waals surface area contributed by atoms with Gasteiger partial charge in [0.25, 0.3) is 0 Å². The first-order valence-electron chi connectivity index (χ1n) is 10.6. The van der Waals surface area contributed by atoms with Crippen molar-refractivity contribution < 1.29 is 23.5 Å². The number of carbonyl (C=O) groups excluding carboxylic acids is 2. The SMILES string of the molecule is CCCCCCCCC(=O)Oc1cccc(-c2ccc(C(C)C(=O)OC)cc2F)c1. The molecule has 0 fully saturated rings. The molecule has 0 aliphatic heterocycles. The predicted molar refractivity (Wildman–Crippen MR) is 116 cm³/mol. The second-order valence-corrected chi connectivity index (χ2v) is 7.50. The van der Waals surface area contributed by atoms with E-state index in [4.69, 9.17) is 9.47 Å². The van der Waals surface area contributed by atoms with Gasteiger partial charge in [0.05, 0.1) is 13.0 Å². The van der Waals surface area contributed by atoms with E-state index in [1.165, 1.54) is 32.4 Å². The number of ether oxygens (including phenoxy) is 2. The number of hydrogen-bond acceptors (Lipinski definition) is 4. The number of carbonyl (C=O) groups is 2. The molecule has 0 radical (unpaired) electrons. The Bertz CT molecular complexity index is 847. The summed E-state index contributed by atoms with van der Waals surface area (Å²) in [4.78, 5) is 23.8. The van der Waals surface area contributed by atoms with Crippen LogP contribution in [0.1, 0.15) is 70.3 Å². The van der Waals surface area contributed by atoms with Crippen LogP contribution in [0.15, 0.2) is 42.5 Å². The highest BCUT2D eigenvalue weighted by Gasteiger charge is 2.18. The topological polar surface area (TPSA) is 52.6 Å². The van der Waals surface area contributed by atoms with Gasteiger partial charge >= 0.3 is 11.9 Å². The Balaban J connectivity index is 1.99. The monoisotopic (exact) mass is 414 g/mol. The highest BCUT2D eigenvalue weighted by Crippen LogP contribution is 2.29. The minimum atomic E-state index is -0.548. The quantitative estimate of drug-likeness (QED) is 0.242. The van der Waals surface area contributed by atoms with Gasteiger partial charge in [-0.1, -0.05) is 63.3 Å². The van der Waals surface area contributed by atoms with Crippen LogP contribution < -0.4 is 4.74 Å². The maximum Gasteiger partial charge on any atom is 0.312 e. The van der Waals surface area contributed by atoms with E-state index in [0.29, 0.717) is 28.9 Å². The Morgan fingerprint density at radius 3 is 2.43 bits per heavy atom. The third-order valence-electron chi connectivity index (χ3n) is 5.16. The van der Waals surface area contributed by atoms with E-state index in [-0.39, 0.29) is 5.97 Å². The van der Waals surface area contributed by atoms with Crippen molar-refractivity contribution >= 4 is 11.9 Å². The van der Waals surface area contributed by atoms with Crippen LogP contribution in [0.3, 0.4) is 0 Å². The van der Waals surface area contributed by atoms with Gasteiger partial charge in [0.1, 0.15) is 11.6 Å². The van der Waals surface area contributed by atoms with Gasteiger partial charge in [0.15, 0.2) is 0 Å². The molecule has 0 saturated carbocycles. The molecule has 4 nitrogen and oxygen atoms in total. The number of rotatable bonds is 11.